The van der Waals surface area contributed by atoms with Crippen LogP contribution in [0.1, 0.15) is 18.4 Å². The highest BCUT2D eigenvalue weighted by molar-refractivity contribution is 6.03. The van der Waals surface area contributed by atoms with Crippen LogP contribution in [0.4, 0.5) is 22.0 Å². The Bertz CT molecular complexity index is 1150. The van der Waals surface area contributed by atoms with Crippen LogP contribution in [0.15, 0.2) is 30.9 Å². The van der Waals surface area contributed by atoms with Gasteiger partial charge in [0, 0.05) is 55.2 Å². The largest absolute Gasteiger partial charge is 0.494 e. The van der Waals surface area contributed by atoms with Crippen LogP contribution in [0.3, 0.4) is 0 Å². The van der Waals surface area contributed by atoms with Crippen molar-refractivity contribution in [1.82, 2.24) is 24.9 Å². The number of hydrogen-bond acceptors (Lipinski definition) is 7. The molecule has 2 N–H and O–H groups in total. The standard InChI is InChI=1S/C21H24N8O2/c1-31-18-8-19-23-12-24-29(19)11-16(18)26-21(30)28-7-5-15-17(4-6-22-20(15)28)27-9-13-2-3-14(10-27)25-13/h4,6,8,11-14,25H,2-3,5,7,9-10H2,1H3,(H,26,30). The van der Waals surface area contributed by atoms with Crippen LogP contribution in [0.5, 0.6) is 5.75 Å². The maximum atomic E-state index is 13.2. The van der Waals surface area contributed by atoms with Gasteiger partial charge in [-0.2, -0.15) is 5.10 Å². The van der Waals surface area contributed by atoms with Crippen molar-refractivity contribution >= 4 is 28.9 Å². The Labute approximate surface area is 179 Å². The molecule has 160 valence electrons. The van der Waals surface area contributed by atoms with Crippen LogP contribution >= 0.6 is 0 Å². The Kier molecular flexibility index (Phi) is 4.20. The molecule has 10 heteroatoms. The fourth-order valence-corrected chi connectivity index (χ4v) is 5.05. The quantitative estimate of drug-likeness (QED) is 0.665. The van der Waals surface area contributed by atoms with Gasteiger partial charge in [-0.3, -0.25) is 4.90 Å². The zero-order chi connectivity index (χ0) is 20.9. The lowest BCUT2D eigenvalue weighted by Crippen LogP contribution is -2.51. The monoisotopic (exact) mass is 420 g/mol. The van der Waals surface area contributed by atoms with Crippen LogP contribution in [0.25, 0.3) is 5.65 Å². The molecule has 0 spiro atoms. The van der Waals surface area contributed by atoms with Crippen molar-refractivity contribution in [2.24, 2.45) is 0 Å². The Balaban J connectivity index is 1.27. The van der Waals surface area contributed by atoms with E-state index >= 15 is 0 Å². The molecule has 2 saturated heterocycles. The minimum absolute atomic E-state index is 0.235. The van der Waals surface area contributed by atoms with Gasteiger partial charge in [-0.05, 0) is 25.3 Å². The Hall–Kier alpha value is -3.40. The fourth-order valence-electron chi connectivity index (χ4n) is 5.05. The van der Waals surface area contributed by atoms with Crippen LogP contribution in [-0.2, 0) is 6.42 Å². The summed E-state index contributed by atoms with van der Waals surface area (Å²) in [6.45, 7) is 2.61. The zero-order valence-electron chi connectivity index (χ0n) is 17.3. The first-order valence-electron chi connectivity index (χ1n) is 10.6. The number of anilines is 3. The first-order chi connectivity index (χ1) is 15.2. The molecule has 2 atom stereocenters. The van der Waals surface area contributed by atoms with Crippen molar-refractivity contribution < 1.29 is 9.53 Å². The lowest BCUT2D eigenvalue weighted by atomic mass is 10.1. The van der Waals surface area contributed by atoms with Gasteiger partial charge in [-0.25, -0.2) is 19.3 Å². The number of rotatable bonds is 3. The maximum absolute atomic E-state index is 13.2. The predicted octanol–water partition coefficient (Wildman–Crippen LogP) is 1.67. The molecule has 2 bridgehead atoms. The highest BCUT2D eigenvalue weighted by Crippen LogP contribution is 2.36. The summed E-state index contributed by atoms with van der Waals surface area (Å²) in [6, 6.07) is 4.72. The van der Waals surface area contributed by atoms with E-state index in [2.05, 4.69) is 36.7 Å². The third kappa shape index (κ3) is 3.05. The predicted molar refractivity (Wildman–Crippen MR) is 116 cm³/mol. The number of amides is 2. The summed E-state index contributed by atoms with van der Waals surface area (Å²) in [5.41, 5.74) is 3.55. The first kappa shape index (κ1) is 18.4. The zero-order valence-corrected chi connectivity index (χ0v) is 17.3. The molecule has 0 aliphatic carbocycles. The number of carbonyl (C=O) groups excluding carboxylic acids is 1. The van der Waals surface area contributed by atoms with Crippen LogP contribution in [0.2, 0.25) is 0 Å². The van der Waals surface area contributed by atoms with E-state index in [0.29, 0.717) is 35.7 Å². The van der Waals surface area contributed by atoms with Gasteiger partial charge in [0.1, 0.15) is 23.6 Å². The molecule has 2 amide bonds. The summed E-state index contributed by atoms with van der Waals surface area (Å²) in [7, 11) is 1.57. The van der Waals surface area contributed by atoms with E-state index in [4.69, 9.17) is 4.74 Å². The van der Waals surface area contributed by atoms with E-state index in [1.54, 1.807) is 28.8 Å². The van der Waals surface area contributed by atoms with E-state index < -0.39 is 0 Å². The minimum Gasteiger partial charge on any atom is -0.494 e. The highest BCUT2D eigenvalue weighted by atomic mass is 16.5. The van der Waals surface area contributed by atoms with Gasteiger partial charge in [-0.15, -0.1) is 0 Å². The molecule has 3 aliphatic rings. The van der Waals surface area contributed by atoms with Gasteiger partial charge < -0.3 is 20.3 Å². The number of carbonyl (C=O) groups is 1. The van der Waals surface area contributed by atoms with E-state index in [-0.39, 0.29) is 6.03 Å². The van der Waals surface area contributed by atoms with Gasteiger partial charge in [0.05, 0.1) is 13.3 Å². The van der Waals surface area contributed by atoms with Crippen LogP contribution in [0, 0.1) is 0 Å². The molecule has 31 heavy (non-hydrogen) atoms. The van der Waals surface area contributed by atoms with Gasteiger partial charge in [0.25, 0.3) is 0 Å². The highest BCUT2D eigenvalue weighted by Gasteiger charge is 2.35. The molecule has 3 aliphatic heterocycles. The van der Waals surface area contributed by atoms with Gasteiger partial charge >= 0.3 is 6.03 Å². The Morgan fingerprint density at radius 2 is 2.10 bits per heavy atom. The number of hydrogen-bond donors (Lipinski definition) is 2. The lowest BCUT2D eigenvalue weighted by molar-refractivity contribution is 0.257. The molecule has 2 fully saturated rings. The van der Waals surface area contributed by atoms with Crippen LogP contribution < -0.4 is 25.2 Å². The average Bonchev–Trinajstić information content (AvgIpc) is 3.50. The van der Waals surface area contributed by atoms with E-state index in [1.807, 2.05) is 6.20 Å². The molecule has 6 heterocycles. The molecular weight excluding hydrogens is 396 g/mol. The molecule has 0 saturated carbocycles. The van der Waals surface area contributed by atoms with Crippen LogP contribution in [-0.4, -0.2) is 64.4 Å². The number of ether oxygens (including phenoxy) is 1. The second-order valence-corrected chi connectivity index (χ2v) is 8.33. The molecule has 10 nitrogen and oxygen atoms in total. The summed E-state index contributed by atoms with van der Waals surface area (Å²) in [5.74, 6) is 1.27. The number of methoxy groups -OCH3 is 1. The molecule has 3 aromatic rings. The molecular formula is C21H24N8O2. The van der Waals surface area contributed by atoms with E-state index in [0.717, 1.165) is 30.9 Å². The number of aromatic nitrogens is 4. The molecule has 0 aromatic carbocycles. The topological polar surface area (TPSA) is 99.9 Å². The van der Waals surface area contributed by atoms with Crippen molar-refractivity contribution in [3.05, 3.63) is 36.4 Å². The number of fused-ring (bicyclic) bond motifs is 4. The van der Waals surface area contributed by atoms with E-state index in [1.165, 1.54) is 24.9 Å². The van der Waals surface area contributed by atoms with Crippen molar-refractivity contribution in [1.29, 1.82) is 0 Å². The summed E-state index contributed by atoms with van der Waals surface area (Å²) in [6.07, 6.45) is 8.25. The number of nitrogens with zero attached hydrogens (tertiary/aromatic N) is 6. The van der Waals surface area contributed by atoms with Gasteiger partial charge in [0.2, 0.25) is 0 Å². The smallest absolute Gasteiger partial charge is 0.327 e. The molecule has 3 aromatic heterocycles. The minimum atomic E-state index is -0.235. The van der Waals surface area contributed by atoms with Gasteiger partial charge in [0.15, 0.2) is 5.65 Å². The number of nitrogens with one attached hydrogen (secondary N) is 2. The molecule has 6 rings (SSSR count). The summed E-state index contributed by atoms with van der Waals surface area (Å²) in [5, 5.41) is 10.8. The third-order valence-electron chi connectivity index (χ3n) is 6.49. The first-order valence-corrected chi connectivity index (χ1v) is 10.6. The van der Waals surface area contributed by atoms with Crippen molar-refractivity contribution in [2.75, 3.05) is 41.9 Å². The van der Waals surface area contributed by atoms with E-state index in [9.17, 15) is 4.79 Å². The maximum Gasteiger partial charge on any atom is 0.327 e. The second kappa shape index (κ2) is 7.09. The average molecular weight is 420 g/mol. The fraction of sp³-hybridized carbons (Fsp3) is 0.429. The lowest BCUT2D eigenvalue weighted by Gasteiger charge is -2.35. The summed E-state index contributed by atoms with van der Waals surface area (Å²) >= 11 is 0. The third-order valence-corrected chi connectivity index (χ3v) is 6.49. The van der Waals surface area contributed by atoms with Gasteiger partial charge in [-0.1, -0.05) is 0 Å². The number of piperazine rings is 1. The van der Waals surface area contributed by atoms with Crippen molar-refractivity contribution in [2.45, 2.75) is 31.3 Å². The SMILES string of the molecule is COc1cc2ncnn2cc1NC(=O)N1CCc2c(N3CC4CCC(C3)N4)ccnc21. The summed E-state index contributed by atoms with van der Waals surface area (Å²) in [4.78, 5) is 26.1. The van der Waals surface area contributed by atoms with Crippen molar-refractivity contribution in [3.8, 4) is 5.75 Å². The number of urea groups is 1. The number of pyridine rings is 2. The Morgan fingerprint density at radius 3 is 2.90 bits per heavy atom. The molecule has 0 radical (unpaired) electrons. The summed E-state index contributed by atoms with van der Waals surface area (Å²) < 4.78 is 7.04. The normalized spacial score (nSPS) is 22.1. The molecule has 2 unspecified atom stereocenters. The van der Waals surface area contributed by atoms with Crippen molar-refractivity contribution in [3.63, 3.8) is 0 Å². The Morgan fingerprint density at radius 1 is 1.26 bits per heavy atom. The second-order valence-electron chi connectivity index (χ2n) is 8.33.